The van der Waals surface area contributed by atoms with E-state index in [-0.39, 0.29) is 0 Å². The number of thioether (sulfide) groups is 1. The van der Waals surface area contributed by atoms with Gasteiger partial charge in [-0.3, -0.25) is 0 Å². The van der Waals surface area contributed by atoms with Crippen molar-refractivity contribution in [2.75, 3.05) is 25.2 Å². The Morgan fingerprint density at radius 2 is 2.26 bits per heavy atom. The normalized spacial score (nSPS) is 22.7. The molecule has 106 valence electrons. The van der Waals surface area contributed by atoms with E-state index in [1.54, 1.807) is 7.11 Å². The van der Waals surface area contributed by atoms with Gasteiger partial charge in [-0.2, -0.15) is 11.8 Å². The van der Waals surface area contributed by atoms with E-state index in [0.717, 1.165) is 24.6 Å². The van der Waals surface area contributed by atoms with Crippen molar-refractivity contribution in [1.29, 1.82) is 0 Å². The number of nitrogens with one attached hydrogen (secondary N) is 1. The minimum Gasteiger partial charge on any atom is -0.497 e. The van der Waals surface area contributed by atoms with Crippen LogP contribution in [0.1, 0.15) is 18.9 Å². The Morgan fingerprint density at radius 1 is 1.42 bits per heavy atom. The summed E-state index contributed by atoms with van der Waals surface area (Å²) in [6.07, 6.45) is 2.32. The summed E-state index contributed by atoms with van der Waals surface area (Å²) in [7, 11) is 1.73. The highest BCUT2D eigenvalue weighted by atomic mass is 79.9. The topological polar surface area (TPSA) is 21.3 Å². The summed E-state index contributed by atoms with van der Waals surface area (Å²) < 4.78 is 6.52. The molecule has 19 heavy (non-hydrogen) atoms. The largest absolute Gasteiger partial charge is 0.497 e. The van der Waals surface area contributed by atoms with Gasteiger partial charge in [-0.15, -0.1) is 0 Å². The van der Waals surface area contributed by atoms with Crippen LogP contribution in [0.25, 0.3) is 0 Å². The predicted molar refractivity (Wildman–Crippen MR) is 87.3 cm³/mol. The van der Waals surface area contributed by atoms with Crippen molar-refractivity contribution in [1.82, 2.24) is 5.32 Å². The van der Waals surface area contributed by atoms with E-state index >= 15 is 0 Å². The number of methoxy groups -OCH3 is 1. The van der Waals surface area contributed by atoms with E-state index in [1.165, 1.54) is 28.0 Å². The lowest BCUT2D eigenvalue weighted by Gasteiger charge is -2.21. The zero-order valence-corrected chi connectivity index (χ0v) is 14.0. The van der Waals surface area contributed by atoms with Gasteiger partial charge in [-0.25, -0.2) is 0 Å². The molecular weight excluding hydrogens is 322 g/mol. The van der Waals surface area contributed by atoms with E-state index in [4.69, 9.17) is 4.74 Å². The van der Waals surface area contributed by atoms with Crippen LogP contribution in [-0.2, 0) is 6.42 Å². The average molecular weight is 344 g/mol. The highest BCUT2D eigenvalue weighted by Gasteiger charge is 2.27. The fraction of sp³-hybridized carbons (Fsp3) is 0.600. The summed E-state index contributed by atoms with van der Waals surface area (Å²) in [4.78, 5) is 0. The zero-order chi connectivity index (χ0) is 13.7. The van der Waals surface area contributed by atoms with Crippen LogP contribution in [0.2, 0.25) is 0 Å². The number of rotatable bonds is 6. The molecule has 0 bridgehead atoms. The molecule has 0 radical (unpaired) electrons. The standard InChI is InChI=1S/C15H22BrNOS/c1-3-6-17-15-10-19-9-12(15)7-11-8-13(18-2)4-5-14(11)16/h4-5,8,12,15,17H,3,6-7,9-10H2,1-2H3. The molecule has 2 unspecified atom stereocenters. The third-order valence-corrected chi connectivity index (χ3v) is 5.62. The Kier molecular flexibility index (Phi) is 6.05. The fourth-order valence-corrected chi connectivity index (χ4v) is 4.31. The number of halogens is 1. The van der Waals surface area contributed by atoms with Crippen LogP contribution in [0.15, 0.2) is 22.7 Å². The molecule has 1 aliphatic rings. The van der Waals surface area contributed by atoms with Crippen LogP contribution in [-0.4, -0.2) is 31.2 Å². The van der Waals surface area contributed by atoms with E-state index in [0.29, 0.717) is 6.04 Å². The highest BCUT2D eigenvalue weighted by molar-refractivity contribution is 9.10. The van der Waals surface area contributed by atoms with Gasteiger partial charge >= 0.3 is 0 Å². The number of benzene rings is 1. The molecule has 1 aromatic rings. The first-order valence-electron chi connectivity index (χ1n) is 6.88. The molecule has 2 atom stereocenters. The first kappa shape index (κ1) is 15.2. The second-order valence-electron chi connectivity index (χ2n) is 5.02. The maximum atomic E-state index is 5.32. The van der Waals surface area contributed by atoms with E-state index in [1.807, 2.05) is 6.07 Å². The lowest BCUT2D eigenvalue weighted by atomic mass is 9.95. The Bertz CT molecular complexity index is 413. The van der Waals surface area contributed by atoms with Crippen molar-refractivity contribution in [3.05, 3.63) is 28.2 Å². The second-order valence-corrected chi connectivity index (χ2v) is 6.95. The van der Waals surface area contributed by atoms with Crippen LogP contribution < -0.4 is 10.1 Å². The molecule has 1 fully saturated rings. The van der Waals surface area contributed by atoms with Crippen molar-refractivity contribution in [2.24, 2.45) is 5.92 Å². The molecule has 1 saturated heterocycles. The average Bonchev–Trinajstić information content (AvgIpc) is 2.86. The van der Waals surface area contributed by atoms with Gasteiger partial charge in [0.05, 0.1) is 7.11 Å². The molecule has 0 aliphatic carbocycles. The number of ether oxygens (including phenoxy) is 1. The van der Waals surface area contributed by atoms with Crippen molar-refractivity contribution < 1.29 is 4.74 Å². The lowest BCUT2D eigenvalue weighted by Crippen LogP contribution is -2.36. The maximum Gasteiger partial charge on any atom is 0.119 e. The Morgan fingerprint density at radius 3 is 3.00 bits per heavy atom. The van der Waals surface area contributed by atoms with Gasteiger partial charge in [0.2, 0.25) is 0 Å². The molecule has 1 aromatic carbocycles. The Labute approximate surface area is 128 Å². The van der Waals surface area contributed by atoms with Crippen molar-refractivity contribution in [3.8, 4) is 5.75 Å². The zero-order valence-electron chi connectivity index (χ0n) is 11.6. The van der Waals surface area contributed by atoms with Crippen LogP contribution in [0.5, 0.6) is 5.75 Å². The Hall–Kier alpha value is -0.190. The van der Waals surface area contributed by atoms with Crippen LogP contribution in [0.4, 0.5) is 0 Å². The lowest BCUT2D eigenvalue weighted by molar-refractivity contribution is 0.409. The number of hydrogen-bond acceptors (Lipinski definition) is 3. The molecule has 0 saturated carbocycles. The third-order valence-electron chi connectivity index (χ3n) is 3.59. The minimum atomic E-state index is 0.656. The number of hydrogen-bond donors (Lipinski definition) is 1. The summed E-state index contributed by atoms with van der Waals surface area (Å²) in [5.74, 6) is 4.17. The monoisotopic (exact) mass is 343 g/mol. The van der Waals surface area contributed by atoms with Crippen molar-refractivity contribution >= 4 is 27.7 Å². The first-order valence-corrected chi connectivity index (χ1v) is 8.83. The molecule has 1 N–H and O–H groups in total. The molecule has 0 aromatic heterocycles. The van der Waals surface area contributed by atoms with Gasteiger partial charge in [0.25, 0.3) is 0 Å². The highest BCUT2D eigenvalue weighted by Crippen LogP contribution is 2.31. The fourth-order valence-electron chi connectivity index (χ4n) is 2.47. The molecule has 1 aliphatic heterocycles. The van der Waals surface area contributed by atoms with E-state index in [2.05, 4.69) is 52.1 Å². The smallest absolute Gasteiger partial charge is 0.119 e. The molecule has 0 amide bonds. The van der Waals surface area contributed by atoms with Gasteiger partial charge in [0.1, 0.15) is 5.75 Å². The van der Waals surface area contributed by atoms with Crippen molar-refractivity contribution in [2.45, 2.75) is 25.8 Å². The molecule has 4 heteroatoms. The van der Waals surface area contributed by atoms with Gasteiger partial charge < -0.3 is 10.1 Å². The molecule has 0 spiro atoms. The Balaban J connectivity index is 2.03. The third kappa shape index (κ3) is 4.14. The summed E-state index contributed by atoms with van der Waals surface area (Å²) in [6, 6.07) is 6.90. The molecule has 2 rings (SSSR count). The molecular formula is C15H22BrNOS. The van der Waals surface area contributed by atoms with Crippen LogP contribution in [0.3, 0.4) is 0 Å². The van der Waals surface area contributed by atoms with Crippen LogP contribution >= 0.6 is 27.7 Å². The van der Waals surface area contributed by atoms with E-state index < -0.39 is 0 Å². The van der Waals surface area contributed by atoms with Gasteiger partial charge in [-0.05, 0) is 54.8 Å². The van der Waals surface area contributed by atoms with Gasteiger partial charge in [-0.1, -0.05) is 22.9 Å². The van der Waals surface area contributed by atoms with Gasteiger partial charge in [0.15, 0.2) is 0 Å². The summed E-state index contributed by atoms with van der Waals surface area (Å²) >= 11 is 5.72. The first-order chi connectivity index (χ1) is 9.24. The van der Waals surface area contributed by atoms with Crippen molar-refractivity contribution in [3.63, 3.8) is 0 Å². The molecule has 2 nitrogen and oxygen atoms in total. The van der Waals surface area contributed by atoms with Gasteiger partial charge in [0, 0.05) is 16.3 Å². The van der Waals surface area contributed by atoms with Crippen LogP contribution in [0, 0.1) is 5.92 Å². The van der Waals surface area contributed by atoms with E-state index in [9.17, 15) is 0 Å². The second kappa shape index (κ2) is 7.55. The quantitative estimate of drug-likeness (QED) is 0.850. The predicted octanol–water partition coefficient (Wildman–Crippen LogP) is 3.73. The molecule has 1 heterocycles. The summed E-state index contributed by atoms with van der Waals surface area (Å²) in [5.41, 5.74) is 1.36. The summed E-state index contributed by atoms with van der Waals surface area (Å²) in [5, 5.41) is 3.68. The maximum absolute atomic E-state index is 5.32. The minimum absolute atomic E-state index is 0.656. The summed E-state index contributed by atoms with van der Waals surface area (Å²) in [6.45, 7) is 3.35. The SMILES string of the molecule is CCCNC1CSCC1Cc1cc(OC)ccc1Br.